The zero-order valence-electron chi connectivity index (χ0n) is 11.0. The lowest BCUT2D eigenvalue weighted by Gasteiger charge is -2.34. The van der Waals surface area contributed by atoms with Crippen LogP contribution in [0.3, 0.4) is 0 Å². The number of hydrogen-bond donors (Lipinski definition) is 1. The van der Waals surface area contributed by atoms with Crippen molar-refractivity contribution in [2.24, 2.45) is 0 Å². The second kappa shape index (κ2) is 5.83. The first-order chi connectivity index (χ1) is 8.92. The Balaban J connectivity index is 1.58. The van der Waals surface area contributed by atoms with Crippen molar-refractivity contribution in [2.75, 3.05) is 39.3 Å². The minimum atomic E-state index is 0.763. The lowest BCUT2D eigenvalue weighted by atomic mass is 10.1. The number of hydrogen-bond acceptors (Lipinski definition) is 3. The van der Waals surface area contributed by atoms with E-state index in [0.29, 0.717) is 0 Å². The van der Waals surface area contributed by atoms with E-state index in [-0.39, 0.29) is 0 Å². The minimum absolute atomic E-state index is 0.763. The van der Waals surface area contributed by atoms with Crippen molar-refractivity contribution in [3.8, 4) is 0 Å². The summed E-state index contributed by atoms with van der Waals surface area (Å²) in [5.41, 5.74) is 1.44. The predicted molar refractivity (Wildman–Crippen MR) is 74.6 cm³/mol. The average Bonchev–Trinajstić information content (AvgIpc) is 2.63. The third-order valence-electron chi connectivity index (χ3n) is 4.20. The molecule has 1 unspecified atom stereocenters. The lowest BCUT2D eigenvalue weighted by molar-refractivity contribution is 0.168. The van der Waals surface area contributed by atoms with Gasteiger partial charge in [0.25, 0.3) is 0 Å². The maximum Gasteiger partial charge on any atom is 0.0234 e. The van der Waals surface area contributed by atoms with E-state index in [4.69, 9.17) is 0 Å². The van der Waals surface area contributed by atoms with E-state index in [1.807, 2.05) is 0 Å². The molecule has 2 heterocycles. The van der Waals surface area contributed by atoms with Crippen LogP contribution < -0.4 is 5.32 Å². The summed E-state index contributed by atoms with van der Waals surface area (Å²) in [4.78, 5) is 5.27. The third-order valence-corrected chi connectivity index (χ3v) is 4.20. The van der Waals surface area contributed by atoms with Crippen LogP contribution in [0, 0.1) is 0 Å². The molecule has 2 fully saturated rings. The van der Waals surface area contributed by atoms with Gasteiger partial charge in [-0.2, -0.15) is 0 Å². The van der Waals surface area contributed by atoms with Gasteiger partial charge in [0.2, 0.25) is 0 Å². The topological polar surface area (TPSA) is 18.5 Å². The largest absolute Gasteiger partial charge is 0.314 e. The Hall–Kier alpha value is -0.900. The van der Waals surface area contributed by atoms with Crippen LogP contribution in [-0.4, -0.2) is 55.1 Å². The van der Waals surface area contributed by atoms with E-state index in [1.165, 1.54) is 44.7 Å². The van der Waals surface area contributed by atoms with Crippen LogP contribution in [0.15, 0.2) is 30.3 Å². The number of nitrogens with zero attached hydrogens (tertiary/aromatic N) is 2. The van der Waals surface area contributed by atoms with Crippen molar-refractivity contribution in [1.29, 1.82) is 0 Å². The zero-order valence-corrected chi connectivity index (χ0v) is 11.0. The summed E-state index contributed by atoms with van der Waals surface area (Å²) in [6.07, 6.45) is 1.31. The van der Waals surface area contributed by atoms with Gasteiger partial charge in [-0.1, -0.05) is 30.3 Å². The normalized spacial score (nSPS) is 26.6. The Labute approximate surface area is 110 Å². The lowest BCUT2D eigenvalue weighted by Crippen LogP contribution is -2.51. The Morgan fingerprint density at radius 3 is 2.83 bits per heavy atom. The first kappa shape index (κ1) is 12.2. The summed E-state index contributed by atoms with van der Waals surface area (Å²) in [7, 11) is 0. The van der Waals surface area contributed by atoms with E-state index in [9.17, 15) is 0 Å². The third kappa shape index (κ3) is 2.91. The van der Waals surface area contributed by atoms with Gasteiger partial charge in [0.05, 0.1) is 0 Å². The van der Waals surface area contributed by atoms with Crippen LogP contribution in [0.1, 0.15) is 12.0 Å². The van der Waals surface area contributed by atoms with Crippen LogP contribution in [0.25, 0.3) is 0 Å². The number of benzene rings is 1. The van der Waals surface area contributed by atoms with E-state index >= 15 is 0 Å². The second-order valence-electron chi connectivity index (χ2n) is 5.44. The number of fused-ring (bicyclic) bond motifs is 1. The summed E-state index contributed by atoms with van der Waals surface area (Å²) in [5.74, 6) is 0. The van der Waals surface area contributed by atoms with Gasteiger partial charge in [0, 0.05) is 51.9 Å². The van der Waals surface area contributed by atoms with Crippen molar-refractivity contribution in [3.63, 3.8) is 0 Å². The van der Waals surface area contributed by atoms with Crippen molar-refractivity contribution in [3.05, 3.63) is 35.9 Å². The molecule has 0 radical (unpaired) electrons. The maximum absolute atomic E-state index is 3.52. The maximum atomic E-state index is 3.52. The summed E-state index contributed by atoms with van der Waals surface area (Å²) >= 11 is 0. The molecule has 2 saturated heterocycles. The molecule has 1 aromatic rings. The highest BCUT2D eigenvalue weighted by atomic mass is 15.3. The summed E-state index contributed by atoms with van der Waals surface area (Å²) < 4.78 is 0. The second-order valence-corrected chi connectivity index (χ2v) is 5.44. The molecule has 2 aliphatic rings. The summed E-state index contributed by atoms with van der Waals surface area (Å²) in [5, 5.41) is 3.52. The van der Waals surface area contributed by atoms with E-state index in [2.05, 4.69) is 45.4 Å². The molecule has 1 atom stereocenters. The fraction of sp³-hybridized carbons (Fsp3) is 0.600. The first-order valence-electron chi connectivity index (χ1n) is 7.13. The molecule has 0 bridgehead atoms. The molecule has 0 aromatic heterocycles. The van der Waals surface area contributed by atoms with Gasteiger partial charge in [0.15, 0.2) is 0 Å². The molecule has 1 aromatic carbocycles. The van der Waals surface area contributed by atoms with Gasteiger partial charge >= 0.3 is 0 Å². The van der Waals surface area contributed by atoms with Crippen molar-refractivity contribution in [2.45, 2.75) is 19.0 Å². The van der Waals surface area contributed by atoms with E-state index in [0.717, 1.165) is 19.1 Å². The SMILES string of the molecule is c1ccc(CN2CCC3CNCCN3CC2)cc1. The van der Waals surface area contributed by atoms with Crippen LogP contribution in [-0.2, 0) is 6.54 Å². The van der Waals surface area contributed by atoms with Crippen LogP contribution in [0.2, 0.25) is 0 Å². The van der Waals surface area contributed by atoms with Crippen molar-refractivity contribution >= 4 is 0 Å². The Morgan fingerprint density at radius 2 is 1.94 bits per heavy atom. The van der Waals surface area contributed by atoms with Crippen molar-refractivity contribution in [1.82, 2.24) is 15.1 Å². The number of nitrogens with one attached hydrogen (secondary N) is 1. The van der Waals surface area contributed by atoms with Crippen LogP contribution in [0.5, 0.6) is 0 Å². The Bertz CT molecular complexity index is 349. The molecule has 0 amide bonds. The molecular weight excluding hydrogens is 222 g/mol. The fourth-order valence-electron chi connectivity index (χ4n) is 3.10. The van der Waals surface area contributed by atoms with Crippen LogP contribution >= 0.6 is 0 Å². The van der Waals surface area contributed by atoms with Gasteiger partial charge in [-0.05, 0) is 12.0 Å². The zero-order chi connectivity index (χ0) is 12.2. The number of rotatable bonds is 2. The predicted octanol–water partition coefficient (Wildman–Crippen LogP) is 1.17. The molecule has 0 spiro atoms. The summed E-state index contributed by atoms with van der Waals surface area (Å²) in [6, 6.07) is 11.6. The highest BCUT2D eigenvalue weighted by Gasteiger charge is 2.25. The summed E-state index contributed by atoms with van der Waals surface area (Å²) in [6.45, 7) is 8.36. The molecule has 98 valence electrons. The molecule has 3 nitrogen and oxygen atoms in total. The minimum Gasteiger partial charge on any atom is -0.314 e. The monoisotopic (exact) mass is 245 g/mol. The average molecular weight is 245 g/mol. The standard InChI is InChI=1S/C15H23N3/c1-2-4-14(5-3-1)13-17-8-6-15-12-16-7-9-18(15)11-10-17/h1-5,15-16H,6-13H2. The molecule has 18 heavy (non-hydrogen) atoms. The van der Waals surface area contributed by atoms with E-state index in [1.54, 1.807) is 0 Å². The molecule has 0 saturated carbocycles. The van der Waals surface area contributed by atoms with Crippen molar-refractivity contribution < 1.29 is 0 Å². The highest BCUT2D eigenvalue weighted by molar-refractivity contribution is 5.14. The van der Waals surface area contributed by atoms with Crippen LogP contribution in [0.4, 0.5) is 0 Å². The molecule has 1 N–H and O–H groups in total. The van der Waals surface area contributed by atoms with Gasteiger partial charge in [-0.25, -0.2) is 0 Å². The molecular formula is C15H23N3. The smallest absolute Gasteiger partial charge is 0.0234 e. The quantitative estimate of drug-likeness (QED) is 0.844. The molecule has 3 heteroatoms. The Morgan fingerprint density at radius 1 is 1.06 bits per heavy atom. The number of piperazine rings is 1. The first-order valence-corrected chi connectivity index (χ1v) is 7.13. The molecule has 3 rings (SSSR count). The van der Waals surface area contributed by atoms with Gasteiger partial charge in [-0.15, -0.1) is 0 Å². The van der Waals surface area contributed by atoms with E-state index < -0.39 is 0 Å². The fourth-order valence-corrected chi connectivity index (χ4v) is 3.10. The highest BCUT2D eigenvalue weighted by Crippen LogP contribution is 2.14. The molecule has 0 aliphatic carbocycles. The Kier molecular flexibility index (Phi) is 3.93. The van der Waals surface area contributed by atoms with Gasteiger partial charge in [0.1, 0.15) is 0 Å². The van der Waals surface area contributed by atoms with Gasteiger partial charge < -0.3 is 5.32 Å². The van der Waals surface area contributed by atoms with Gasteiger partial charge in [-0.3, -0.25) is 9.80 Å². The molecule has 2 aliphatic heterocycles.